The largest absolute Gasteiger partial charge is 0.487 e. The van der Waals surface area contributed by atoms with E-state index in [1.165, 1.54) is 0 Å². The minimum atomic E-state index is 0.416. The van der Waals surface area contributed by atoms with Crippen LogP contribution in [0, 0.1) is 0 Å². The van der Waals surface area contributed by atoms with Crippen molar-refractivity contribution in [2.45, 2.75) is 6.61 Å². The van der Waals surface area contributed by atoms with Crippen molar-refractivity contribution in [2.75, 3.05) is 0 Å². The van der Waals surface area contributed by atoms with Gasteiger partial charge in [0.2, 0.25) is 0 Å². The van der Waals surface area contributed by atoms with Gasteiger partial charge in [-0.1, -0.05) is 24.3 Å². The zero-order valence-electron chi connectivity index (χ0n) is 14.5. The van der Waals surface area contributed by atoms with E-state index in [0.717, 1.165) is 39.1 Å². The first kappa shape index (κ1) is 15.5. The van der Waals surface area contributed by atoms with Gasteiger partial charge >= 0.3 is 0 Å². The lowest BCUT2D eigenvalue weighted by Gasteiger charge is -2.08. The molecule has 3 aromatic heterocycles. The van der Waals surface area contributed by atoms with Crippen molar-refractivity contribution in [2.24, 2.45) is 0 Å². The Balaban J connectivity index is 1.43. The summed E-state index contributed by atoms with van der Waals surface area (Å²) in [7, 11) is 0. The van der Waals surface area contributed by atoms with Gasteiger partial charge in [-0.15, -0.1) is 0 Å². The molecule has 5 nitrogen and oxygen atoms in total. The van der Waals surface area contributed by atoms with Gasteiger partial charge in [-0.25, -0.2) is 9.97 Å². The molecule has 0 aliphatic rings. The Hall–Kier alpha value is -3.73. The normalized spacial score (nSPS) is 11.1. The van der Waals surface area contributed by atoms with Gasteiger partial charge in [0.15, 0.2) is 0 Å². The van der Waals surface area contributed by atoms with E-state index in [9.17, 15) is 0 Å². The molecule has 0 amide bonds. The molecule has 0 bridgehead atoms. The van der Waals surface area contributed by atoms with Crippen LogP contribution in [0.5, 0.6) is 5.75 Å². The molecule has 27 heavy (non-hydrogen) atoms. The fourth-order valence-electron chi connectivity index (χ4n) is 3.13. The lowest BCUT2D eigenvalue weighted by Crippen LogP contribution is -1.99. The van der Waals surface area contributed by atoms with E-state index >= 15 is 0 Å². The Morgan fingerprint density at radius 1 is 0.852 bits per heavy atom. The van der Waals surface area contributed by atoms with E-state index in [-0.39, 0.29) is 0 Å². The first-order valence-corrected chi connectivity index (χ1v) is 8.72. The summed E-state index contributed by atoms with van der Waals surface area (Å²) in [5.74, 6) is 0.785. The average Bonchev–Trinajstić information content (AvgIpc) is 3.16. The lowest BCUT2D eigenvalue weighted by molar-refractivity contribution is 0.302. The molecular weight excluding hydrogens is 336 g/mol. The monoisotopic (exact) mass is 352 g/mol. The van der Waals surface area contributed by atoms with Gasteiger partial charge in [0, 0.05) is 23.8 Å². The number of para-hydroxylation sites is 1. The van der Waals surface area contributed by atoms with E-state index in [2.05, 4.69) is 27.1 Å². The molecule has 0 unspecified atom stereocenters. The van der Waals surface area contributed by atoms with Gasteiger partial charge in [0.05, 0.1) is 27.9 Å². The van der Waals surface area contributed by atoms with Crippen LogP contribution in [0.2, 0.25) is 0 Å². The molecule has 0 aliphatic heterocycles. The first-order valence-electron chi connectivity index (χ1n) is 8.72. The summed E-state index contributed by atoms with van der Waals surface area (Å²) in [6, 6.07) is 22.0. The molecule has 0 saturated carbocycles. The van der Waals surface area contributed by atoms with Crippen molar-refractivity contribution in [3.63, 3.8) is 0 Å². The maximum atomic E-state index is 5.99. The van der Waals surface area contributed by atoms with Gasteiger partial charge in [0.1, 0.15) is 18.7 Å². The number of fused-ring (bicyclic) bond motifs is 2. The smallest absolute Gasteiger partial charge is 0.130 e. The number of ether oxygens (including phenoxy) is 1. The molecule has 130 valence electrons. The highest BCUT2D eigenvalue weighted by atomic mass is 16.5. The highest BCUT2D eigenvalue weighted by Gasteiger charge is 2.07. The third-order valence-corrected chi connectivity index (χ3v) is 4.50. The maximum Gasteiger partial charge on any atom is 0.130 e. The van der Waals surface area contributed by atoms with E-state index in [1.807, 2.05) is 65.5 Å². The Kier molecular flexibility index (Phi) is 3.76. The number of imidazole rings is 1. The van der Waals surface area contributed by atoms with Crippen LogP contribution in [-0.4, -0.2) is 19.5 Å². The van der Waals surface area contributed by atoms with Crippen molar-refractivity contribution in [3.8, 4) is 11.4 Å². The summed E-state index contributed by atoms with van der Waals surface area (Å²) in [5, 5.41) is 1.13. The molecule has 0 aliphatic carbocycles. The molecular formula is C22H16N4O. The summed E-state index contributed by atoms with van der Waals surface area (Å²) in [4.78, 5) is 13.2. The van der Waals surface area contributed by atoms with Crippen LogP contribution in [0.1, 0.15) is 5.69 Å². The van der Waals surface area contributed by atoms with Crippen LogP contribution in [0.4, 0.5) is 0 Å². The number of nitrogens with zero attached hydrogens (tertiary/aromatic N) is 4. The van der Waals surface area contributed by atoms with Crippen molar-refractivity contribution in [1.29, 1.82) is 0 Å². The third kappa shape index (κ3) is 3.00. The standard InChI is InChI=1S/C22H16N4O/c1-2-4-20-16(3-1)5-6-17(25-20)14-27-19-7-8-21-22(13-19)26(15-24-21)18-9-11-23-12-10-18/h1-13,15H,14H2. The molecule has 0 atom stereocenters. The molecule has 0 saturated heterocycles. The molecule has 5 aromatic rings. The highest BCUT2D eigenvalue weighted by Crippen LogP contribution is 2.23. The zero-order valence-corrected chi connectivity index (χ0v) is 14.5. The van der Waals surface area contributed by atoms with Gasteiger partial charge < -0.3 is 4.74 Å². The Morgan fingerprint density at radius 2 is 1.74 bits per heavy atom. The first-order chi connectivity index (χ1) is 13.4. The maximum absolute atomic E-state index is 5.99. The number of pyridine rings is 2. The molecule has 0 radical (unpaired) electrons. The van der Waals surface area contributed by atoms with Gasteiger partial charge in [-0.3, -0.25) is 9.55 Å². The molecule has 0 N–H and O–H groups in total. The van der Waals surface area contributed by atoms with E-state index < -0.39 is 0 Å². The van der Waals surface area contributed by atoms with Crippen molar-refractivity contribution in [1.82, 2.24) is 19.5 Å². The molecule has 0 spiro atoms. The summed E-state index contributed by atoms with van der Waals surface area (Å²) in [6.07, 6.45) is 5.36. The minimum Gasteiger partial charge on any atom is -0.487 e. The zero-order chi connectivity index (χ0) is 18.1. The molecule has 5 heteroatoms. The SMILES string of the molecule is c1ccc2nc(COc3ccc4ncn(-c5ccncc5)c4c3)ccc2c1. The summed E-state index contributed by atoms with van der Waals surface area (Å²) in [6.45, 7) is 0.416. The predicted molar refractivity (Wildman–Crippen MR) is 105 cm³/mol. The Morgan fingerprint density at radius 3 is 2.67 bits per heavy atom. The second-order valence-electron chi connectivity index (χ2n) is 6.25. The van der Waals surface area contributed by atoms with E-state index in [4.69, 9.17) is 4.74 Å². The number of hydrogen-bond donors (Lipinski definition) is 0. The van der Waals surface area contributed by atoms with Crippen LogP contribution in [-0.2, 0) is 6.61 Å². The second-order valence-corrected chi connectivity index (χ2v) is 6.25. The van der Waals surface area contributed by atoms with Crippen LogP contribution in [0.3, 0.4) is 0 Å². The molecule has 2 aromatic carbocycles. The Labute approximate surface area is 155 Å². The summed E-state index contributed by atoms with van der Waals surface area (Å²) >= 11 is 0. The van der Waals surface area contributed by atoms with E-state index in [0.29, 0.717) is 6.61 Å². The summed E-state index contributed by atoms with van der Waals surface area (Å²) in [5.41, 5.74) is 4.80. The summed E-state index contributed by atoms with van der Waals surface area (Å²) < 4.78 is 8.02. The quantitative estimate of drug-likeness (QED) is 0.476. The number of benzene rings is 2. The number of rotatable bonds is 4. The van der Waals surface area contributed by atoms with Gasteiger partial charge in [-0.05, 0) is 36.4 Å². The fourth-order valence-corrected chi connectivity index (χ4v) is 3.13. The molecule has 5 rings (SSSR count). The minimum absolute atomic E-state index is 0.416. The number of aromatic nitrogens is 4. The topological polar surface area (TPSA) is 52.8 Å². The van der Waals surface area contributed by atoms with E-state index in [1.54, 1.807) is 12.4 Å². The van der Waals surface area contributed by atoms with Crippen molar-refractivity contribution >= 4 is 21.9 Å². The van der Waals surface area contributed by atoms with Crippen LogP contribution in [0.15, 0.2) is 85.5 Å². The molecule has 0 fully saturated rings. The Bertz CT molecular complexity index is 1230. The third-order valence-electron chi connectivity index (χ3n) is 4.50. The average molecular weight is 352 g/mol. The van der Waals surface area contributed by atoms with Crippen molar-refractivity contribution < 1.29 is 4.74 Å². The second kappa shape index (κ2) is 6.53. The fraction of sp³-hybridized carbons (Fsp3) is 0.0455. The van der Waals surface area contributed by atoms with Crippen LogP contribution < -0.4 is 4.74 Å². The molecule has 3 heterocycles. The van der Waals surface area contributed by atoms with Crippen LogP contribution >= 0.6 is 0 Å². The number of hydrogen-bond acceptors (Lipinski definition) is 4. The van der Waals surface area contributed by atoms with Gasteiger partial charge in [0.25, 0.3) is 0 Å². The predicted octanol–water partition coefficient (Wildman–Crippen LogP) is 4.55. The lowest BCUT2D eigenvalue weighted by atomic mass is 10.2. The van der Waals surface area contributed by atoms with Crippen molar-refractivity contribution in [3.05, 3.63) is 91.1 Å². The van der Waals surface area contributed by atoms with Gasteiger partial charge in [-0.2, -0.15) is 0 Å². The highest BCUT2D eigenvalue weighted by molar-refractivity contribution is 5.79. The van der Waals surface area contributed by atoms with Crippen LogP contribution in [0.25, 0.3) is 27.6 Å².